The molecule has 0 spiro atoms. The van der Waals surface area contributed by atoms with Crippen LogP contribution < -0.4 is 5.32 Å². The van der Waals surface area contributed by atoms with Crippen LogP contribution in [0.2, 0.25) is 0 Å². The fourth-order valence-electron chi connectivity index (χ4n) is 9.65. The van der Waals surface area contributed by atoms with Crippen LogP contribution in [0.25, 0.3) is 0 Å². The first-order chi connectivity index (χ1) is 39.4. The van der Waals surface area contributed by atoms with Crippen molar-refractivity contribution in [2.45, 2.75) is 315 Å². The van der Waals surface area contributed by atoms with Crippen molar-refractivity contribution in [2.75, 3.05) is 40.9 Å². The number of quaternary nitrogens is 1. The topological polar surface area (TPSA) is 111 Å². The highest BCUT2D eigenvalue weighted by atomic mass is 31.2. The molecule has 2 N–H and O–H groups in total. The van der Waals surface area contributed by atoms with Gasteiger partial charge in [-0.2, -0.15) is 0 Å². The van der Waals surface area contributed by atoms with E-state index in [1.54, 1.807) is 0 Å². The number of ether oxygens (including phenoxy) is 1. The van der Waals surface area contributed by atoms with Crippen LogP contribution in [0.4, 0.5) is 0 Å². The number of nitrogens with one attached hydrogen (secondary N) is 1. The van der Waals surface area contributed by atoms with Gasteiger partial charge in [0.15, 0.2) is 0 Å². The molecule has 1 amide bonds. The minimum absolute atomic E-state index is 0.0357. The molecule has 0 radical (unpaired) electrons. The molecule has 0 rings (SSSR count). The third-order valence-corrected chi connectivity index (χ3v) is 15.9. The summed E-state index contributed by atoms with van der Waals surface area (Å²) in [7, 11) is 1.49. The predicted molar refractivity (Wildman–Crippen MR) is 351 cm³/mol. The molecule has 0 aromatic heterocycles. The van der Waals surface area contributed by atoms with Gasteiger partial charge in [-0.3, -0.25) is 18.6 Å². The van der Waals surface area contributed by atoms with E-state index >= 15 is 0 Å². The Hall–Kier alpha value is -2.81. The Labute approximate surface area is 501 Å². The minimum atomic E-state index is -4.46. The number of likely N-dealkylation sites (N-methyl/N-ethyl adjacent to an activating group) is 1. The van der Waals surface area contributed by atoms with Crippen molar-refractivity contribution in [1.29, 1.82) is 0 Å². The first kappa shape index (κ1) is 78.2. The van der Waals surface area contributed by atoms with Crippen LogP contribution in [-0.2, 0) is 27.9 Å². The molecule has 0 aromatic rings. The molecule has 0 aromatic carbocycles. The molecular weight excluding hydrogens is 1020 g/mol. The van der Waals surface area contributed by atoms with Gasteiger partial charge >= 0.3 is 13.8 Å². The summed E-state index contributed by atoms with van der Waals surface area (Å²) >= 11 is 0. The average molecular weight is 1150 g/mol. The molecule has 0 aliphatic rings. The normalized spacial score (nSPS) is 14.1. The maximum atomic E-state index is 13.6. The number of hydrogen-bond acceptors (Lipinski definition) is 6. The smallest absolute Gasteiger partial charge is 0.456 e. The lowest BCUT2D eigenvalue weighted by molar-refractivity contribution is -0.870. The van der Waals surface area contributed by atoms with Crippen LogP contribution >= 0.6 is 7.82 Å². The molecule has 0 aliphatic carbocycles. The molecule has 0 aliphatic heterocycles. The van der Waals surface area contributed by atoms with Gasteiger partial charge in [0, 0.05) is 12.8 Å². The minimum Gasteiger partial charge on any atom is -0.456 e. The predicted octanol–water partition coefficient (Wildman–Crippen LogP) is 21.3. The molecule has 0 fully saturated rings. The number of esters is 1. The van der Waals surface area contributed by atoms with E-state index in [1.807, 2.05) is 33.3 Å². The Morgan fingerprint density at radius 3 is 1.31 bits per heavy atom. The summed E-state index contributed by atoms with van der Waals surface area (Å²) in [5, 5.41) is 3.06. The molecule has 3 unspecified atom stereocenters. The van der Waals surface area contributed by atoms with E-state index in [2.05, 4.69) is 99.0 Å². The van der Waals surface area contributed by atoms with Gasteiger partial charge in [0.25, 0.3) is 0 Å². The van der Waals surface area contributed by atoms with Crippen molar-refractivity contribution in [3.63, 3.8) is 0 Å². The molecule has 9 nitrogen and oxygen atoms in total. The Morgan fingerprint density at radius 2 is 0.840 bits per heavy atom. The Kier molecular flexibility index (Phi) is 58.2. The summed E-state index contributed by atoms with van der Waals surface area (Å²) in [6.07, 6.45) is 80.2. The molecule has 0 saturated heterocycles. The van der Waals surface area contributed by atoms with E-state index < -0.39 is 20.0 Å². The number of rotatable bonds is 61. The summed E-state index contributed by atoms with van der Waals surface area (Å²) in [4.78, 5) is 37.8. The number of amides is 1. The van der Waals surface area contributed by atoms with Crippen molar-refractivity contribution < 1.29 is 37.3 Å². The lowest BCUT2D eigenvalue weighted by atomic mass is 10.0. The first-order valence-electron chi connectivity index (χ1n) is 33.9. The van der Waals surface area contributed by atoms with Gasteiger partial charge in [-0.05, 0) is 89.5 Å². The van der Waals surface area contributed by atoms with Crippen LogP contribution in [0.1, 0.15) is 303 Å². The number of allylic oxidation sites excluding steroid dienone is 13. The summed E-state index contributed by atoms with van der Waals surface area (Å²) in [5.74, 6) is -0.515. The highest BCUT2D eigenvalue weighted by Crippen LogP contribution is 2.43. The van der Waals surface area contributed by atoms with E-state index in [0.717, 1.165) is 89.9 Å². The molecule has 3 atom stereocenters. The summed E-state index contributed by atoms with van der Waals surface area (Å²) < 4.78 is 30.8. The second-order valence-electron chi connectivity index (χ2n) is 24.0. The highest BCUT2D eigenvalue weighted by molar-refractivity contribution is 7.47. The first-order valence-corrected chi connectivity index (χ1v) is 35.4. The van der Waals surface area contributed by atoms with E-state index in [4.69, 9.17) is 13.8 Å². The quantitative estimate of drug-likeness (QED) is 0.0156. The number of hydrogen-bond donors (Lipinski definition) is 2. The molecule has 470 valence electrons. The summed E-state index contributed by atoms with van der Waals surface area (Å²) in [6.45, 7) is 6.87. The largest absolute Gasteiger partial charge is 0.472 e. The van der Waals surface area contributed by atoms with E-state index in [0.29, 0.717) is 17.4 Å². The summed E-state index contributed by atoms with van der Waals surface area (Å²) in [5.41, 5.74) is 0. The van der Waals surface area contributed by atoms with Gasteiger partial charge < -0.3 is 19.4 Å². The van der Waals surface area contributed by atoms with Crippen LogP contribution in [0.5, 0.6) is 0 Å². The molecule has 0 saturated carbocycles. The van der Waals surface area contributed by atoms with E-state index in [9.17, 15) is 19.0 Å². The number of carbonyl (C=O) groups excluding carboxylic acids is 2. The van der Waals surface area contributed by atoms with Gasteiger partial charge in [-0.15, -0.1) is 0 Å². The number of phosphoric ester groups is 1. The average Bonchev–Trinajstić information content (AvgIpc) is 3.44. The van der Waals surface area contributed by atoms with E-state index in [-0.39, 0.29) is 31.5 Å². The zero-order chi connectivity index (χ0) is 59.3. The van der Waals surface area contributed by atoms with Crippen molar-refractivity contribution in [1.82, 2.24) is 5.32 Å². The summed E-state index contributed by atoms with van der Waals surface area (Å²) in [6, 6.07) is -0.857. The lowest BCUT2D eigenvalue weighted by Gasteiger charge is -2.27. The molecule has 10 heteroatoms. The maximum absolute atomic E-state index is 13.6. The van der Waals surface area contributed by atoms with Crippen LogP contribution in [0.3, 0.4) is 0 Å². The second-order valence-corrected chi connectivity index (χ2v) is 25.5. The maximum Gasteiger partial charge on any atom is 0.472 e. The monoisotopic (exact) mass is 1150 g/mol. The zero-order valence-corrected chi connectivity index (χ0v) is 54.7. The van der Waals surface area contributed by atoms with Gasteiger partial charge in [-0.25, -0.2) is 4.57 Å². The van der Waals surface area contributed by atoms with E-state index in [1.165, 1.54) is 180 Å². The third kappa shape index (κ3) is 61.6. The van der Waals surface area contributed by atoms with Gasteiger partial charge in [0.05, 0.1) is 33.8 Å². The third-order valence-electron chi connectivity index (χ3n) is 14.9. The molecular formula is C71H130N2O7P+. The lowest BCUT2D eigenvalue weighted by Crippen LogP contribution is -2.47. The highest BCUT2D eigenvalue weighted by Gasteiger charge is 2.30. The van der Waals surface area contributed by atoms with Crippen LogP contribution in [0.15, 0.2) is 85.1 Å². The number of nitrogens with zero attached hydrogens (tertiary/aromatic N) is 1. The van der Waals surface area contributed by atoms with Gasteiger partial charge in [0.2, 0.25) is 5.91 Å². The molecule has 81 heavy (non-hydrogen) atoms. The molecule has 0 bridgehead atoms. The van der Waals surface area contributed by atoms with Crippen molar-refractivity contribution in [3.8, 4) is 0 Å². The van der Waals surface area contributed by atoms with Crippen molar-refractivity contribution >= 4 is 19.7 Å². The zero-order valence-electron chi connectivity index (χ0n) is 53.8. The van der Waals surface area contributed by atoms with Gasteiger partial charge in [-0.1, -0.05) is 286 Å². The van der Waals surface area contributed by atoms with Crippen LogP contribution in [0, 0.1) is 0 Å². The number of unbranched alkanes of at least 4 members (excludes halogenated alkanes) is 35. The number of carbonyl (C=O) groups is 2. The molecule has 0 heterocycles. The fourth-order valence-corrected chi connectivity index (χ4v) is 10.4. The standard InChI is InChI=1S/C71H129N2O7P/c1-7-10-13-16-19-22-25-28-30-31-32-33-34-35-36-37-38-39-40-41-43-45-48-51-54-57-60-63-70(74)72-68(67-79-81(76,77)78-66-65-73(4,5)6)69(62-59-56-53-50-47-44-27-24-21-18-15-12-9-3)80-71(75)64-61-58-55-52-49-46-42-29-26-23-20-17-14-11-8-2/h11,14,17,19-20,22-23,26,28,30,32-33,59,62,68-69H,7-10,12-13,15-16,18,21,24-25,27,29,31,34-58,60-61,63-67H2,1-6H3,(H-,72,74,76,77)/p+1/b14-11+,20-17+,22-19-,26-23+,30-28-,33-32-,62-59-. The Balaban J connectivity index is 5.07. The SMILES string of the molecule is CC/C=C/C=C/C=C/CCCCCCCCCC(=O)OC(/C=C\CCCCCCCCCCCCC)C(COP(=O)(O)OCC[N+](C)(C)C)NC(=O)CCCCCCCCCCCCCCCC/C=C\C/C=C\C/C=C\CCCCC. The van der Waals surface area contributed by atoms with Crippen molar-refractivity contribution in [3.05, 3.63) is 85.1 Å². The fraction of sp³-hybridized carbons (Fsp3) is 0.775. The van der Waals surface area contributed by atoms with Crippen LogP contribution in [-0.4, -0.2) is 74.3 Å². The Bertz CT molecular complexity index is 1660. The number of phosphoric acid groups is 1. The van der Waals surface area contributed by atoms with Crippen molar-refractivity contribution in [2.24, 2.45) is 0 Å². The Morgan fingerprint density at radius 1 is 0.457 bits per heavy atom. The van der Waals surface area contributed by atoms with Gasteiger partial charge in [0.1, 0.15) is 19.3 Å². The second kappa shape index (κ2) is 60.3.